The fourth-order valence-corrected chi connectivity index (χ4v) is 4.40. The summed E-state index contributed by atoms with van der Waals surface area (Å²) in [5.41, 5.74) is 0. The second kappa shape index (κ2) is 13.0. The largest absolute Gasteiger partial charge is 0.380 e. The van der Waals surface area contributed by atoms with E-state index in [2.05, 4.69) is 6.92 Å². The Balaban J connectivity index is 3.66. The van der Waals surface area contributed by atoms with Crippen molar-refractivity contribution >= 4 is 20.2 Å². The predicted octanol–water partition coefficient (Wildman–Crippen LogP) is 3.07. The van der Waals surface area contributed by atoms with Gasteiger partial charge in [0.15, 0.2) is 0 Å². The molecular weight excluding hydrogens is 356 g/mol. The zero-order valence-corrected chi connectivity index (χ0v) is 16.2. The van der Waals surface area contributed by atoms with Crippen LogP contribution in [-0.4, -0.2) is 50.2 Å². The van der Waals surface area contributed by atoms with E-state index in [1.165, 1.54) is 44.9 Å². The summed E-state index contributed by atoms with van der Waals surface area (Å²) in [6, 6.07) is 0. The Morgan fingerprint density at radius 2 is 1.25 bits per heavy atom. The van der Waals surface area contributed by atoms with Crippen LogP contribution in [0.4, 0.5) is 0 Å². The van der Waals surface area contributed by atoms with Crippen molar-refractivity contribution in [2.75, 3.05) is 19.0 Å². The van der Waals surface area contributed by atoms with Crippen LogP contribution in [0.15, 0.2) is 0 Å². The molecule has 0 aromatic heterocycles. The Hall–Kier alpha value is -0.220. The summed E-state index contributed by atoms with van der Waals surface area (Å²) in [5.74, 6) is -1.07. The average molecular weight is 389 g/mol. The smallest absolute Gasteiger partial charge is 0.271 e. The van der Waals surface area contributed by atoms with E-state index in [9.17, 15) is 16.8 Å². The summed E-state index contributed by atoms with van der Waals surface area (Å²) < 4.78 is 66.3. The first-order valence-corrected chi connectivity index (χ1v) is 11.8. The van der Waals surface area contributed by atoms with E-state index < -0.39 is 37.8 Å². The minimum absolute atomic E-state index is 0.300. The highest BCUT2D eigenvalue weighted by Gasteiger charge is 2.28. The number of hydrogen-bond acceptors (Lipinski definition) is 5. The van der Waals surface area contributed by atoms with E-state index in [4.69, 9.17) is 13.8 Å². The molecule has 0 fully saturated rings. The first-order chi connectivity index (χ1) is 11.2. The van der Waals surface area contributed by atoms with Gasteiger partial charge in [-0.3, -0.25) is 9.11 Å². The standard InChI is InChI=1S/C15H32O7S2/c1-2-3-4-5-6-7-8-9-10-11-12-22-13-15(24(19,20)21)14-23(16,17)18/h15H,2-14H2,1H3,(H,16,17,18)(H,19,20,21). The highest BCUT2D eigenvalue weighted by atomic mass is 32.2. The molecule has 0 aliphatic heterocycles. The van der Waals surface area contributed by atoms with Crippen molar-refractivity contribution in [3.05, 3.63) is 0 Å². The van der Waals surface area contributed by atoms with Crippen molar-refractivity contribution in [1.82, 2.24) is 0 Å². The average Bonchev–Trinajstić information content (AvgIpc) is 2.45. The van der Waals surface area contributed by atoms with Gasteiger partial charge < -0.3 is 4.74 Å². The maximum Gasteiger partial charge on any atom is 0.271 e. The maximum atomic E-state index is 11.0. The molecule has 0 radical (unpaired) electrons. The van der Waals surface area contributed by atoms with Crippen LogP contribution in [0.3, 0.4) is 0 Å². The van der Waals surface area contributed by atoms with E-state index >= 15 is 0 Å². The number of unbranched alkanes of at least 4 members (excludes halogenated alkanes) is 9. The Morgan fingerprint density at radius 1 is 0.792 bits per heavy atom. The summed E-state index contributed by atoms with van der Waals surface area (Å²) >= 11 is 0. The molecule has 0 aromatic carbocycles. The summed E-state index contributed by atoms with van der Waals surface area (Å²) in [7, 11) is -9.07. The van der Waals surface area contributed by atoms with Crippen molar-refractivity contribution < 1.29 is 30.7 Å². The zero-order valence-electron chi connectivity index (χ0n) is 14.5. The van der Waals surface area contributed by atoms with Gasteiger partial charge in [-0.25, -0.2) is 0 Å². The second-order valence-corrected chi connectivity index (χ2v) is 9.34. The van der Waals surface area contributed by atoms with E-state index in [0.29, 0.717) is 6.61 Å². The van der Waals surface area contributed by atoms with Crippen LogP contribution in [0.25, 0.3) is 0 Å². The first-order valence-electron chi connectivity index (χ1n) is 8.66. The van der Waals surface area contributed by atoms with Gasteiger partial charge in [-0.05, 0) is 6.42 Å². The highest BCUT2D eigenvalue weighted by Crippen LogP contribution is 2.11. The molecule has 24 heavy (non-hydrogen) atoms. The van der Waals surface area contributed by atoms with Gasteiger partial charge in [0.25, 0.3) is 20.2 Å². The Kier molecular flexibility index (Phi) is 12.9. The van der Waals surface area contributed by atoms with Gasteiger partial charge in [-0.1, -0.05) is 64.7 Å². The molecule has 0 amide bonds. The van der Waals surface area contributed by atoms with Crippen LogP contribution in [0.5, 0.6) is 0 Å². The van der Waals surface area contributed by atoms with Crippen molar-refractivity contribution in [1.29, 1.82) is 0 Å². The quantitative estimate of drug-likeness (QED) is 0.308. The molecule has 0 aliphatic rings. The highest BCUT2D eigenvalue weighted by molar-refractivity contribution is 7.90. The lowest BCUT2D eigenvalue weighted by atomic mass is 10.1. The molecule has 7 nitrogen and oxygen atoms in total. The summed E-state index contributed by atoms with van der Waals surface area (Å²) in [4.78, 5) is 0. The lowest BCUT2D eigenvalue weighted by Crippen LogP contribution is -2.33. The van der Waals surface area contributed by atoms with Gasteiger partial charge >= 0.3 is 0 Å². The van der Waals surface area contributed by atoms with Gasteiger partial charge in [0.05, 0.1) is 12.4 Å². The molecule has 0 rings (SSSR count). The first kappa shape index (κ1) is 23.8. The third-order valence-electron chi connectivity index (χ3n) is 3.76. The van der Waals surface area contributed by atoms with Crippen molar-refractivity contribution in [3.8, 4) is 0 Å². The molecular formula is C15H32O7S2. The Morgan fingerprint density at radius 3 is 1.67 bits per heavy atom. The summed E-state index contributed by atoms with van der Waals surface area (Å²) in [6.45, 7) is 2.05. The van der Waals surface area contributed by atoms with Gasteiger partial charge in [0, 0.05) is 6.61 Å². The van der Waals surface area contributed by atoms with Crippen LogP contribution in [0, 0.1) is 0 Å². The molecule has 0 aromatic rings. The molecule has 0 saturated carbocycles. The number of ether oxygens (including phenoxy) is 1. The molecule has 1 unspecified atom stereocenters. The monoisotopic (exact) mass is 388 g/mol. The lowest BCUT2D eigenvalue weighted by Gasteiger charge is -2.12. The molecule has 1 atom stereocenters. The van der Waals surface area contributed by atoms with Crippen LogP contribution in [-0.2, 0) is 25.0 Å². The van der Waals surface area contributed by atoms with E-state index in [1.807, 2.05) is 0 Å². The fraction of sp³-hybridized carbons (Fsp3) is 1.00. The van der Waals surface area contributed by atoms with Crippen molar-refractivity contribution in [3.63, 3.8) is 0 Å². The Bertz CT molecular complexity index is 500. The summed E-state index contributed by atoms with van der Waals surface area (Å²) in [6.07, 6.45) is 11.6. The van der Waals surface area contributed by atoms with E-state index in [1.54, 1.807) is 0 Å². The van der Waals surface area contributed by atoms with Gasteiger partial charge in [0.1, 0.15) is 5.25 Å². The van der Waals surface area contributed by atoms with Gasteiger partial charge in [0.2, 0.25) is 0 Å². The van der Waals surface area contributed by atoms with E-state index in [-0.39, 0.29) is 0 Å². The molecule has 9 heteroatoms. The summed E-state index contributed by atoms with van der Waals surface area (Å²) in [5, 5.41) is -1.66. The van der Waals surface area contributed by atoms with Crippen LogP contribution in [0.1, 0.15) is 71.1 Å². The molecule has 146 valence electrons. The normalized spacial score (nSPS) is 14.0. The van der Waals surface area contributed by atoms with Crippen LogP contribution >= 0.6 is 0 Å². The minimum Gasteiger partial charge on any atom is -0.380 e. The second-order valence-electron chi connectivity index (χ2n) is 6.14. The van der Waals surface area contributed by atoms with Crippen molar-refractivity contribution in [2.24, 2.45) is 0 Å². The lowest BCUT2D eigenvalue weighted by molar-refractivity contribution is 0.130. The SMILES string of the molecule is CCCCCCCCCCCCOCC(CS(=O)(=O)O)S(=O)(=O)O. The fourth-order valence-electron chi connectivity index (χ4n) is 2.36. The van der Waals surface area contributed by atoms with Crippen LogP contribution < -0.4 is 0 Å². The molecule has 2 N–H and O–H groups in total. The maximum absolute atomic E-state index is 11.0. The molecule has 0 bridgehead atoms. The van der Waals surface area contributed by atoms with Crippen LogP contribution in [0.2, 0.25) is 0 Å². The Labute approximate surface area is 146 Å². The van der Waals surface area contributed by atoms with Gasteiger partial charge in [-0.2, -0.15) is 16.8 Å². The third kappa shape index (κ3) is 15.3. The predicted molar refractivity (Wildman–Crippen MR) is 94.4 cm³/mol. The zero-order chi connectivity index (χ0) is 18.5. The molecule has 0 saturated heterocycles. The number of rotatable bonds is 16. The molecule has 0 spiro atoms. The van der Waals surface area contributed by atoms with Crippen molar-refractivity contribution in [2.45, 2.75) is 76.4 Å². The van der Waals surface area contributed by atoms with Gasteiger partial charge in [-0.15, -0.1) is 0 Å². The molecule has 0 aliphatic carbocycles. The number of hydrogen-bond donors (Lipinski definition) is 2. The minimum atomic E-state index is -4.58. The van der Waals surface area contributed by atoms with E-state index in [0.717, 1.165) is 19.3 Å². The third-order valence-corrected chi connectivity index (χ3v) is 5.94. The molecule has 0 heterocycles. The topological polar surface area (TPSA) is 118 Å².